The van der Waals surface area contributed by atoms with Gasteiger partial charge in [-0.1, -0.05) is 42.3 Å². The number of para-hydroxylation sites is 1. The van der Waals surface area contributed by atoms with E-state index in [2.05, 4.69) is 10.6 Å². The SMILES string of the molecule is Cc1cc(C)c(S(=O)(=O)N2CCCC[C@@H]2CCNC(=O)Nc2ccccc2)c(C)c1. The quantitative estimate of drug-likeness (QED) is 0.716. The van der Waals surface area contributed by atoms with Crippen LogP contribution in [0.5, 0.6) is 0 Å². The Morgan fingerprint density at radius 1 is 1.07 bits per heavy atom. The van der Waals surface area contributed by atoms with Gasteiger partial charge in [-0.3, -0.25) is 0 Å². The Morgan fingerprint density at radius 3 is 2.40 bits per heavy atom. The summed E-state index contributed by atoms with van der Waals surface area (Å²) in [7, 11) is -3.58. The molecule has 0 bridgehead atoms. The smallest absolute Gasteiger partial charge is 0.319 e. The van der Waals surface area contributed by atoms with Crippen molar-refractivity contribution in [3.8, 4) is 0 Å². The second-order valence-corrected chi connectivity index (χ2v) is 9.86. The third-order valence-electron chi connectivity index (χ3n) is 5.54. The number of nitrogens with one attached hydrogen (secondary N) is 2. The average Bonchev–Trinajstić information content (AvgIpc) is 2.68. The molecule has 1 atom stereocenters. The van der Waals surface area contributed by atoms with Crippen LogP contribution in [-0.4, -0.2) is 37.9 Å². The molecular weight excluding hydrogens is 398 g/mol. The fourth-order valence-electron chi connectivity index (χ4n) is 4.32. The van der Waals surface area contributed by atoms with Gasteiger partial charge in [-0.25, -0.2) is 13.2 Å². The molecule has 0 saturated carbocycles. The van der Waals surface area contributed by atoms with Crippen LogP contribution in [0.1, 0.15) is 42.4 Å². The van der Waals surface area contributed by atoms with E-state index in [-0.39, 0.29) is 12.1 Å². The van der Waals surface area contributed by atoms with E-state index in [1.54, 1.807) is 4.31 Å². The lowest BCUT2D eigenvalue weighted by Crippen LogP contribution is -2.45. The first-order chi connectivity index (χ1) is 14.3. The van der Waals surface area contributed by atoms with E-state index in [1.165, 1.54) is 0 Å². The van der Waals surface area contributed by atoms with Gasteiger partial charge in [0.05, 0.1) is 4.90 Å². The Bertz CT molecular complexity index is 967. The van der Waals surface area contributed by atoms with Gasteiger partial charge >= 0.3 is 6.03 Å². The van der Waals surface area contributed by atoms with E-state index in [1.807, 2.05) is 63.2 Å². The molecule has 1 aliphatic rings. The topological polar surface area (TPSA) is 78.5 Å². The zero-order chi connectivity index (χ0) is 21.7. The molecule has 0 radical (unpaired) electrons. The number of hydrogen-bond acceptors (Lipinski definition) is 3. The molecule has 3 rings (SSSR count). The molecule has 2 aromatic rings. The van der Waals surface area contributed by atoms with Crippen LogP contribution >= 0.6 is 0 Å². The summed E-state index contributed by atoms with van der Waals surface area (Å²) in [4.78, 5) is 12.5. The van der Waals surface area contributed by atoms with Crippen molar-refractivity contribution >= 4 is 21.7 Å². The van der Waals surface area contributed by atoms with Crippen LogP contribution in [0, 0.1) is 20.8 Å². The van der Waals surface area contributed by atoms with Gasteiger partial charge in [-0.2, -0.15) is 4.31 Å². The lowest BCUT2D eigenvalue weighted by Gasteiger charge is -2.35. The fourth-order valence-corrected chi connectivity index (χ4v) is 6.46. The van der Waals surface area contributed by atoms with Gasteiger partial charge < -0.3 is 10.6 Å². The standard InChI is InChI=1S/C23H31N3O3S/c1-17-15-18(2)22(19(3)16-17)30(28,29)26-14-8-7-11-21(26)12-13-24-23(27)25-20-9-5-4-6-10-20/h4-6,9-10,15-16,21H,7-8,11-14H2,1-3H3,(H2,24,25,27)/t21-/m1/s1. The predicted molar refractivity (Wildman–Crippen MR) is 120 cm³/mol. The van der Waals surface area contributed by atoms with Crippen molar-refractivity contribution in [2.45, 2.75) is 57.4 Å². The van der Waals surface area contributed by atoms with Gasteiger partial charge in [-0.15, -0.1) is 0 Å². The number of sulfonamides is 1. The summed E-state index contributed by atoms with van der Waals surface area (Å²) < 4.78 is 28.7. The van der Waals surface area contributed by atoms with Crippen molar-refractivity contribution in [1.29, 1.82) is 0 Å². The van der Waals surface area contributed by atoms with Crippen molar-refractivity contribution in [2.24, 2.45) is 0 Å². The molecule has 0 unspecified atom stereocenters. The van der Waals surface area contributed by atoms with Crippen LogP contribution < -0.4 is 10.6 Å². The monoisotopic (exact) mass is 429 g/mol. The van der Waals surface area contributed by atoms with Gasteiger partial charge in [0.25, 0.3) is 0 Å². The minimum atomic E-state index is -3.58. The second kappa shape index (κ2) is 9.62. The zero-order valence-electron chi connectivity index (χ0n) is 17.9. The summed E-state index contributed by atoms with van der Waals surface area (Å²) in [5.74, 6) is 0. The highest BCUT2D eigenvalue weighted by Crippen LogP contribution is 2.31. The minimum Gasteiger partial charge on any atom is -0.338 e. The third-order valence-corrected chi connectivity index (χ3v) is 7.80. The van der Waals surface area contributed by atoms with Crippen molar-refractivity contribution in [2.75, 3.05) is 18.4 Å². The first kappa shape index (κ1) is 22.3. The van der Waals surface area contributed by atoms with Crippen molar-refractivity contribution < 1.29 is 13.2 Å². The number of carbonyl (C=O) groups excluding carboxylic acids is 1. The van der Waals surface area contributed by atoms with Gasteiger partial charge in [0, 0.05) is 24.8 Å². The Morgan fingerprint density at radius 2 is 1.73 bits per heavy atom. The Balaban J connectivity index is 1.67. The average molecular weight is 430 g/mol. The van der Waals surface area contributed by atoms with Crippen LogP contribution in [0.4, 0.5) is 10.5 Å². The molecule has 1 heterocycles. The Kier molecular flexibility index (Phi) is 7.15. The Hall–Kier alpha value is -2.38. The fraction of sp³-hybridized carbons (Fsp3) is 0.435. The van der Waals surface area contributed by atoms with Gasteiger partial charge in [0.15, 0.2) is 0 Å². The predicted octanol–water partition coefficient (Wildman–Crippen LogP) is 4.37. The maximum absolute atomic E-state index is 13.5. The van der Waals surface area contributed by atoms with Crippen molar-refractivity contribution in [3.63, 3.8) is 0 Å². The highest BCUT2D eigenvalue weighted by Gasteiger charge is 2.35. The third kappa shape index (κ3) is 5.21. The number of anilines is 1. The highest BCUT2D eigenvalue weighted by atomic mass is 32.2. The molecule has 2 amide bonds. The van der Waals surface area contributed by atoms with Crippen LogP contribution in [0.25, 0.3) is 0 Å². The molecule has 1 saturated heterocycles. The molecule has 7 heteroatoms. The number of aryl methyl sites for hydroxylation is 3. The molecule has 30 heavy (non-hydrogen) atoms. The molecule has 162 valence electrons. The first-order valence-electron chi connectivity index (χ1n) is 10.5. The lowest BCUT2D eigenvalue weighted by atomic mass is 10.0. The minimum absolute atomic E-state index is 0.110. The summed E-state index contributed by atoms with van der Waals surface area (Å²) in [6.45, 7) is 6.64. The van der Waals surface area contributed by atoms with Crippen molar-refractivity contribution in [1.82, 2.24) is 9.62 Å². The molecule has 6 nitrogen and oxygen atoms in total. The van der Waals surface area contributed by atoms with E-state index < -0.39 is 10.0 Å². The summed E-state index contributed by atoms with van der Waals surface area (Å²) in [6, 6.07) is 12.7. The lowest BCUT2D eigenvalue weighted by molar-refractivity contribution is 0.234. The molecule has 2 N–H and O–H groups in total. The number of benzene rings is 2. The van der Waals surface area contributed by atoms with Crippen LogP contribution in [0.3, 0.4) is 0 Å². The zero-order valence-corrected chi connectivity index (χ0v) is 18.8. The molecule has 0 spiro atoms. The van der Waals surface area contributed by atoms with E-state index in [0.29, 0.717) is 24.4 Å². The second-order valence-electron chi connectivity index (χ2n) is 8.03. The number of hydrogen-bond donors (Lipinski definition) is 2. The van der Waals surface area contributed by atoms with Gasteiger partial charge in [-0.05, 0) is 63.3 Å². The molecule has 0 aliphatic carbocycles. The molecule has 0 aromatic heterocycles. The Labute approximate surface area is 179 Å². The van der Waals surface area contributed by atoms with E-state index in [4.69, 9.17) is 0 Å². The number of carbonyl (C=O) groups is 1. The largest absolute Gasteiger partial charge is 0.338 e. The first-order valence-corrected chi connectivity index (χ1v) is 11.9. The summed E-state index contributed by atoms with van der Waals surface area (Å²) in [5.41, 5.74) is 3.37. The number of piperidine rings is 1. The summed E-state index contributed by atoms with van der Waals surface area (Å²) in [5, 5.41) is 5.63. The maximum Gasteiger partial charge on any atom is 0.319 e. The molecule has 2 aromatic carbocycles. The number of amides is 2. The number of rotatable bonds is 6. The van der Waals surface area contributed by atoms with Crippen LogP contribution in [0.2, 0.25) is 0 Å². The van der Waals surface area contributed by atoms with Gasteiger partial charge in [0.2, 0.25) is 10.0 Å². The number of urea groups is 1. The van der Waals surface area contributed by atoms with Crippen LogP contribution in [-0.2, 0) is 10.0 Å². The van der Waals surface area contributed by atoms with E-state index in [0.717, 1.165) is 41.6 Å². The maximum atomic E-state index is 13.5. The molecule has 1 fully saturated rings. The normalized spacial score (nSPS) is 17.5. The molecular formula is C23H31N3O3S. The highest BCUT2D eigenvalue weighted by molar-refractivity contribution is 7.89. The van der Waals surface area contributed by atoms with Crippen molar-refractivity contribution in [3.05, 3.63) is 59.2 Å². The summed E-state index contributed by atoms with van der Waals surface area (Å²) in [6.07, 6.45) is 3.26. The van der Waals surface area contributed by atoms with E-state index >= 15 is 0 Å². The van der Waals surface area contributed by atoms with Gasteiger partial charge in [0.1, 0.15) is 0 Å². The number of nitrogens with zero attached hydrogens (tertiary/aromatic N) is 1. The summed E-state index contributed by atoms with van der Waals surface area (Å²) >= 11 is 0. The van der Waals surface area contributed by atoms with E-state index in [9.17, 15) is 13.2 Å². The van der Waals surface area contributed by atoms with Crippen LogP contribution in [0.15, 0.2) is 47.4 Å². The molecule has 1 aliphatic heterocycles.